The van der Waals surface area contributed by atoms with E-state index in [0.29, 0.717) is 0 Å². The van der Waals surface area contributed by atoms with Crippen molar-refractivity contribution in [3.05, 3.63) is 182 Å². The first-order chi connectivity index (χ1) is 26.8. The Hall–Kier alpha value is -7.16. The van der Waals surface area contributed by atoms with E-state index >= 15 is 0 Å². The van der Waals surface area contributed by atoms with Gasteiger partial charge in [0.1, 0.15) is 22.3 Å². The van der Waals surface area contributed by atoms with E-state index in [0.717, 1.165) is 60.4 Å². The highest BCUT2D eigenvalue weighted by Gasteiger charge is 2.20. The summed E-state index contributed by atoms with van der Waals surface area (Å²) in [5, 5.41) is 14.1. The standard InChI is InChI=1S/C52H30O2/c1-3-13-36-32(10-1)12-9-19-38(36)49-41-17-7-5-15-39(41)48(40-16-6-8-18-42(40)49)34-22-20-31(21-23-34)35-25-27-45-47(30-35)53-46-29-28-44-43-26-24-33-11-2-4-14-37(33)51(43)54-52(44)50(45)46/h1-30H. The smallest absolute Gasteiger partial charge is 0.147 e. The van der Waals surface area contributed by atoms with Crippen LogP contribution < -0.4 is 0 Å². The van der Waals surface area contributed by atoms with E-state index < -0.39 is 0 Å². The molecular formula is C52H30O2. The summed E-state index contributed by atoms with van der Waals surface area (Å²) in [6, 6.07) is 65.6. The topological polar surface area (TPSA) is 26.3 Å². The SMILES string of the molecule is c1ccc2c(-c3c4ccccc4c(-c4ccc(-c5ccc6c(c5)oc5ccc7c8ccc9ccccc9c8oc7c56)cc4)c4ccccc34)cccc2c1. The zero-order valence-electron chi connectivity index (χ0n) is 29.1. The lowest BCUT2D eigenvalue weighted by Gasteiger charge is -2.19. The molecule has 0 aliphatic heterocycles. The molecular weight excluding hydrogens is 657 g/mol. The first-order valence-corrected chi connectivity index (χ1v) is 18.5. The Bertz CT molecular complexity index is 3430. The monoisotopic (exact) mass is 686 g/mol. The van der Waals surface area contributed by atoms with Gasteiger partial charge in [-0.1, -0.05) is 152 Å². The summed E-state index contributed by atoms with van der Waals surface area (Å²) < 4.78 is 13.2. The second kappa shape index (κ2) is 11.2. The maximum atomic E-state index is 6.67. The lowest BCUT2D eigenvalue weighted by molar-refractivity contribution is 0.664. The lowest BCUT2D eigenvalue weighted by Crippen LogP contribution is -1.91. The quantitative estimate of drug-likeness (QED) is 0.173. The Morgan fingerprint density at radius 2 is 0.815 bits per heavy atom. The summed E-state index contributed by atoms with van der Waals surface area (Å²) in [6.07, 6.45) is 0. The molecule has 12 rings (SSSR count). The Morgan fingerprint density at radius 3 is 1.56 bits per heavy atom. The molecule has 0 N–H and O–H groups in total. The van der Waals surface area contributed by atoms with Gasteiger partial charge in [0.15, 0.2) is 0 Å². The van der Waals surface area contributed by atoms with E-state index in [1.807, 2.05) is 0 Å². The molecule has 0 radical (unpaired) electrons. The van der Waals surface area contributed by atoms with E-state index in [2.05, 4.69) is 182 Å². The zero-order valence-corrected chi connectivity index (χ0v) is 29.1. The molecule has 0 unspecified atom stereocenters. The largest absolute Gasteiger partial charge is 0.456 e. The Labute approximate surface area is 310 Å². The number of furan rings is 2. The van der Waals surface area contributed by atoms with E-state index in [-0.39, 0.29) is 0 Å². The Kier molecular flexibility index (Phi) is 6.09. The molecule has 0 aliphatic carbocycles. The first-order valence-electron chi connectivity index (χ1n) is 18.5. The fraction of sp³-hybridized carbons (Fsp3) is 0. The van der Waals surface area contributed by atoms with Crippen LogP contribution in [0, 0.1) is 0 Å². The summed E-state index contributed by atoms with van der Waals surface area (Å²) in [6.45, 7) is 0. The van der Waals surface area contributed by atoms with Crippen molar-refractivity contribution < 1.29 is 8.83 Å². The van der Waals surface area contributed by atoms with Crippen LogP contribution in [0.2, 0.25) is 0 Å². The second-order valence-electron chi connectivity index (χ2n) is 14.3. The van der Waals surface area contributed by atoms with Gasteiger partial charge in [0.2, 0.25) is 0 Å². The fourth-order valence-corrected chi connectivity index (χ4v) is 9.00. The van der Waals surface area contributed by atoms with Crippen molar-refractivity contribution in [2.24, 2.45) is 0 Å². The molecule has 2 heteroatoms. The minimum absolute atomic E-state index is 0.832. The highest BCUT2D eigenvalue weighted by atomic mass is 16.3. The van der Waals surface area contributed by atoms with Gasteiger partial charge in [0.05, 0.1) is 5.39 Å². The lowest BCUT2D eigenvalue weighted by atomic mass is 9.84. The van der Waals surface area contributed by atoms with Gasteiger partial charge in [-0.3, -0.25) is 0 Å². The van der Waals surface area contributed by atoms with E-state index in [9.17, 15) is 0 Å². The minimum Gasteiger partial charge on any atom is -0.456 e. The number of fused-ring (bicyclic) bond motifs is 12. The molecule has 0 spiro atoms. The molecule has 0 bridgehead atoms. The van der Waals surface area contributed by atoms with Gasteiger partial charge in [-0.2, -0.15) is 0 Å². The van der Waals surface area contributed by atoms with Crippen LogP contribution in [-0.4, -0.2) is 0 Å². The third-order valence-corrected chi connectivity index (χ3v) is 11.5. The van der Waals surface area contributed by atoms with Gasteiger partial charge in [-0.05, 0) is 101 Å². The van der Waals surface area contributed by atoms with E-state index in [1.54, 1.807) is 0 Å². The van der Waals surface area contributed by atoms with Gasteiger partial charge in [-0.15, -0.1) is 0 Å². The Balaban J connectivity index is 0.995. The molecule has 0 fully saturated rings. The van der Waals surface area contributed by atoms with Gasteiger partial charge >= 0.3 is 0 Å². The van der Waals surface area contributed by atoms with Crippen LogP contribution in [0.3, 0.4) is 0 Å². The molecule has 250 valence electrons. The van der Waals surface area contributed by atoms with Crippen molar-refractivity contribution in [1.29, 1.82) is 0 Å². The molecule has 12 aromatic rings. The molecule has 54 heavy (non-hydrogen) atoms. The summed E-state index contributed by atoms with van der Waals surface area (Å²) in [5.74, 6) is 0. The molecule has 0 atom stereocenters. The van der Waals surface area contributed by atoms with Crippen molar-refractivity contribution >= 4 is 87.0 Å². The number of benzene rings is 10. The summed E-state index contributed by atoms with van der Waals surface area (Å²) in [5.41, 5.74) is 10.7. The third-order valence-electron chi connectivity index (χ3n) is 11.5. The Morgan fingerprint density at radius 1 is 0.278 bits per heavy atom. The predicted molar refractivity (Wildman–Crippen MR) is 227 cm³/mol. The van der Waals surface area contributed by atoms with Crippen LogP contribution in [0.4, 0.5) is 0 Å². The molecule has 0 saturated carbocycles. The van der Waals surface area contributed by atoms with E-state index in [4.69, 9.17) is 8.83 Å². The van der Waals surface area contributed by atoms with Crippen LogP contribution in [0.5, 0.6) is 0 Å². The van der Waals surface area contributed by atoms with Gasteiger partial charge < -0.3 is 8.83 Å². The van der Waals surface area contributed by atoms with Crippen molar-refractivity contribution in [1.82, 2.24) is 0 Å². The maximum Gasteiger partial charge on any atom is 0.147 e. The normalized spacial score (nSPS) is 12.1. The van der Waals surface area contributed by atoms with Crippen molar-refractivity contribution in [2.75, 3.05) is 0 Å². The molecule has 2 nitrogen and oxygen atoms in total. The van der Waals surface area contributed by atoms with Gasteiger partial charge in [-0.25, -0.2) is 0 Å². The average Bonchev–Trinajstić information content (AvgIpc) is 3.81. The molecule has 2 heterocycles. The highest BCUT2D eigenvalue weighted by molar-refractivity contribution is 6.25. The number of hydrogen-bond acceptors (Lipinski definition) is 2. The molecule has 0 aliphatic rings. The van der Waals surface area contributed by atoms with Crippen molar-refractivity contribution in [3.8, 4) is 33.4 Å². The summed E-state index contributed by atoms with van der Waals surface area (Å²) in [4.78, 5) is 0. The van der Waals surface area contributed by atoms with Crippen LogP contribution in [0.15, 0.2) is 191 Å². The van der Waals surface area contributed by atoms with Crippen LogP contribution >= 0.6 is 0 Å². The molecule has 10 aromatic carbocycles. The minimum atomic E-state index is 0.832. The predicted octanol–water partition coefficient (Wildman–Crippen LogP) is 15.1. The zero-order chi connectivity index (χ0) is 35.3. The van der Waals surface area contributed by atoms with Crippen molar-refractivity contribution in [3.63, 3.8) is 0 Å². The van der Waals surface area contributed by atoms with Gasteiger partial charge in [0, 0.05) is 21.5 Å². The molecule has 0 amide bonds. The van der Waals surface area contributed by atoms with Crippen LogP contribution in [0.25, 0.3) is 120 Å². The summed E-state index contributed by atoms with van der Waals surface area (Å²) >= 11 is 0. The first kappa shape index (κ1) is 29.4. The third kappa shape index (κ3) is 4.17. The van der Waals surface area contributed by atoms with Crippen LogP contribution in [-0.2, 0) is 0 Å². The number of rotatable bonds is 3. The van der Waals surface area contributed by atoms with Crippen molar-refractivity contribution in [2.45, 2.75) is 0 Å². The maximum absolute atomic E-state index is 6.67. The molecule has 2 aromatic heterocycles. The second-order valence-corrected chi connectivity index (χ2v) is 14.3. The fourth-order valence-electron chi connectivity index (χ4n) is 9.00. The highest BCUT2D eigenvalue weighted by Crippen LogP contribution is 2.46. The van der Waals surface area contributed by atoms with E-state index in [1.165, 1.54) is 60.0 Å². The molecule has 0 saturated heterocycles. The van der Waals surface area contributed by atoms with Crippen LogP contribution in [0.1, 0.15) is 0 Å². The number of hydrogen-bond donors (Lipinski definition) is 0. The average molecular weight is 687 g/mol. The van der Waals surface area contributed by atoms with Gasteiger partial charge in [0.25, 0.3) is 0 Å². The summed E-state index contributed by atoms with van der Waals surface area (Å²) in [7, 11) is 0.